The van der Waals surface area contributed by atoms with Crippen LogP contribution in [0.2, 0.25) is 0 Å². The lowest BCUT2D eigenvalue weighted by molar-refractivity contribution is -0.148. The van der Waals surface area contributed by atoms with Crippen LogP contribution in [0, 0.1) is 5.92 Å². The average molecular weight is 132 g/mol. The Morgan fingerprint density at radius 3 is 1.89 bits per heavy atom. The van der Waals surface area contributed by atoms with Gasteiger partial charge in [0.2, 0.25) is 0 Å². The number of aliphatic hydroxyl groups is 1. The Bertz CT molecular complexity index is 112. The van der Waals surface area contributed by atoms with Gasteiger partial charge in [0, 0.05) is 0 Å². The van der Waals surface area contributed by atoms with Crippen LogP contribution in [0.4, 0.5) is 0 Å². The molecule has 0 aliphatic rings. The van der Waals surface area contributed by atoms with Crippen molar-refractivity contribution in [2.75, 3.05) is 0 Å². The number of hydrogen-bond donors (Lipinski definition) is 2. The van der Waals surface area contributed by atoms with Crippen molar-refractivity contribution in [3.8, 4) is 0 Å². The van der Waals surface area contributed by atoms with Crippen LogP contribution in [0.25, 0.3) is 0 Å². The van der Waals surface area contributed by atoms with Crippen molar-refractivity contribution < 1.29 is 15.0 Å². The molecule has 0 aromatic heterocycles. The molecule has 1 unspecified atom stereocenters. The Labute approximate surface area is 54.3 Å². The fourth-order valence-electron chi connectivity index (χ4n) is 0.302. The van der Waals surface area contributed by atoms with Gasteiger partial charge in [0.25, 0.3) is 0 Å². The summed E-state index contributed by atoms with van der Waals surface area (Å²) in [6.45, 7) is 4.43. The second-order valence-corrected chi connectivity index (χ2v) is 2.71. The molecule has 54 valence electrons. The van der Waals surface area contributed by atoms with Crippen LogP contribution in [0.1, 0.15) is 20.8 Å². The third-order valence-electron chi connectivity index (χ3n) is 1.43. The van der Waals surface area contributed by atoms with Crippen LogP contribution in [0.5, 0.6) is 0 Å². The molecule has 0 amide bonds. The molecule has 0 aromatic rings. The molecule has 0 heterocycles. The van der Waals surface area contributed by atoms with Gasteiger partial charge in [-0.25, -0.2) is 0 Å². The molecule has 0 saturated heterocycles. The predicted molar refractivity (Wildman–Crippen MR) is 33.1 cm³/mol. The Kier molecular flexibility index (Phi) is 2.20. The highest BCUT2D eigenvalue weighted by Gasteiger charge is 2.28. The standard InChI is InChI=1S/C6H12O3/c1-4(5(7)8)6(2,3)9/h4,9H,1-3H3,(H,7,8). The third kappa shape index (κ3) is 2.46. The minimum absolute atomic E-state index is 0.711. The molecule has 3 heteroatoms. The Morgan fingerprint density at radius 2 is 1.89 bits per heavy atom. The van der Waals surface area contributed by atoms with Gasteiger partial charge in [0.1, 0.15) is 0 Å². The first kappa shape index (κ1) is 8.43. The van der Waals surface area contributed by atoms with Gasteiger partial charge >= 0.3 is 5.97 Å². The van der Waals surface area contributed by atoms with Crippen molar-refractivity contribution in [1.82, 2.24) is 0 Å². The molecule has 0 aliphatic carbocycles. The van der Waals surface area contributed by atoms with E-state index in [2.05, 4.69) is 0 Å². The largest absolute Gasteiger partial charge is 0.481 e. The van der Waals surface area contributed by atoms with Crippen LogP contribution >= 0.6 is 0 Å². The van der Waals surface area contributed by atoms with E-state index in [4.69, 9.17) is 10.2 Å². The maximum absolute atomic E-state index is 10.2. The number of carboxylic acids is 1. The first-order chi connectivity index (χ1) is 3.85. The zero-order chi connectivity index (χ0) is 7.65. The molecule has 0 fully saturated rings. The molecule has 0 spiro atoms. The first-order valence-corrected chi connectivity index (χ1v) is 2.81. The zero-order valence-corrected chi connectivity index (χ0v) is 5.88. The lowest BCUT2D eigenvalue weighted by Gasteiger charge is -2.21. The SMILES string of the molecule is CC(C(=O)O)C(C)(C)O. The summed E-state index contributed by atoms with van der Waals surface area (Å²) in [6, 6.07) is 0. The first-order valence-electron chi connectivity index (χ1n) is 2.81. The van der Waals surface area contributed by atoms with E-state index in [0.29, 0.717) is 0 Å². The molecule has 0 aromatic carbocycles. The summed E-state index contributed by atoms with van der Waals surface area (Å²) in [7, 11) is 0. The fraction of sp³-hybridized carbons (Fsp3) is 0.833. The van der Waals surface area contributed by atoms with Gasteiger partial charge in [-0.3, -0.25) is 4.79 Å². The second-order valence-electron chi connectivity index (χ2n) is 2.71. The topological polar surface area (TPSA) is 57.5 Å². The highest BCUT2D eigenvalue weighted by atomic mass is 16.4. The molecule has 0 rings (SSSR count). The molecule has 0 aliphatic heterocycles. The number of aliphatic carboxylic acids is 1. The van der Waals surface area contributed by atoms with Crippen molar-refractivity contribution in [3.63, 3.8) is 0 Å². The summed E-state index contributed by atoms with van der Waals surface area (Å²) in [4.78, 5) is 10.2. The quantitative estimate of drug-likeness (QED) is 0.574. The van der Waals surface area contributed by atoms with Crippen molar-refractivity contribution in [1.29, 1.82) is 0 Å². The van der Waals surface area contributed by atoms with E-state index in [-0.39, 0.29) is 0 Å². The Morgan fingerprint density at radius 1 is 1.56 bits per heavy atom. The van der Waals surface area contributed by atoms with Gasteiger partial charge in [0.05, 0.1) is 11.5 Å². The van der Waals surface area contributed by atoms with E-state index in [1.807, 2.05) is 0 Å². The van der Waals surface area contributed by atoms with E-state index in [0.717, 1.165) is 0 Å². The molecular formula is C6H12O3. The molecular weight excluding hydrogens is 120 g/mol. The summed E-state index contributed by atoms with van der Waals surface area (Å²) in [5, 5.41) is 17.4. The summed E-state index contributed by atoms with van der Waals surface area (Å²) < 4.78 is 0. The van der Waals surface area contributed by atoms with Gasteiger partial charge < -0.3 is 10.2 Å². The molecule has 0 saturated carbocycles. The van der Waals surface area contributed by atoms with Gasteiger partial charge in [-0.2, -0.15) is 0 Å². The lowest BCUT2D eigenvalue weighted by Crippen LogP contribution is -2.34. The van der Waals surface area contributed by atoms with Crippen LogP contribution < -0.4 is 0 Å². The summed E-state index contributed by atoms with van der Waals surface area (Å²) in [5.74, 6) is -1.68. The maximum atomic E-state index is 10.2. The molecule has 1 atom stereocenters. The van der Waals surface area contributed by atoms with Gasteiger partial charge in [-0.05, 0) is 20.8 Å². The number of hydrogen-bond acceptors (Lipinski definition) is 2. The second kappa shape index (κ2) is 2.35. The molecule has 3 nitrogen and oxygen atoms in total. The minimum atomic E-state index is -1.12. The smallest absolute Gasteiger partial charge is 0.309 e. The van der Waals surface area contributed by atoms with Gasteiger partial charge in [-0.15, -0.1) is 0 Å². The summed E-state index contributed by atoms with van der Waals surface area (Å²) in [5.41, 5.74) is -1.12. The summed E-state index contributed by atoms with van der Waals surface area (Å²) >= 11 is 0. The highest BCUT2D eigenvalue weighted by Crippen LogP contribution is 2.14. The molecule has 9 heavy (non-hydrogen) atoms. The Hall–Kier alpha value is -0.570. The van der Waals surface area contributed by atoms with Crippen molar-refractivity contribution in [2.45, 2.75) is 26.4 Å². The number of carbonyl (C=O) groups is 1. The van der Waals surface area contributed by atoms with Crippen molar-refractivity contribution in [2.24, 2.45) is 5.92 Å². The molecule has 0 radical (unpaired) electrons. The van der Waals surface area contributed by atoms with Crippen LogP contribution in [0.15, 0.2) is 0 Å². The molecule has 0 bridgehead atoms. The lowest BCUT2D eigenvalue weighted by atomic mass is 9.93. The van der Waals surface area contributed by atoms with E-state index >= 15 is 0 Å². The van der Waals surface area contributed by atoms with Gasteiger partial charge in [-0.1, -0.05) is 0 Å². The maximum Gasteiger partial charge on any atom is 0.309 e. The number of carboxylic acid groups (broad SMARTS) is 1. The highest BCUT2D eigenvalue weighted by molar-refractivity contribution is 5.70. The zero-order valence-electron chi connectivity index (χ0n) is 5.88. The monoisotopic (exact) mass is 132 g/mol. The van der Waals surface area contributed by atoms with Gasteiger partial charge in [0.15, 0.2) is 0 Å². The fourth-order valence-corrected chi connectivity index (χ4v) is 0.302. The Balaban J connectivity index is 4.04. The number of rotatable bonds is 2. The van der Waals surface area contributed by atoms with E-state index in [9.17, 15) is 4.79 Å². The average Bonchev–Trinajstić information content (AvgIpc) is 1.62. The van der Waals surface area contributed by atoms with Crippen LogP contribution in [-0.2, 0) is 4.79 Å². The third-order valence-corrected chi connectivity index (χ3v) is 1.43. The van der Waals surface area contributed by atoms with Crippen LogP contribution in [0.3, 0.4) is 0 Å². The van der Waals surface area contributed by atoms with Crippen LogP contribution in [-0.4, -0.2) is 21.8 Å². The minimum Gasteiger partial charge on any atom is -0.481 e. The van der Waals surface area contributed by atoms with E-state index in [1.54, 1.807) is 0 Å². The van der Waals surface area contributed by atoms with E-state index < -0.39 is 17.5 Å². The predicted octanol–water partition coefficient (Wildman–Crippen LogP) is 0.478. The van der Waals surface area contributed by atoms with E-state index in [1.165, 1.54) is 20.8 Å². The van der Waals surface area contributed by atoms with Crippen molar-refractivity contribution >= 4 is 5.97 Å². The molecule has 2 N–H and O–H groups in total. The normalized spacial score (nSPS) is 15.1. The van der Waals surface area contributed by atoms with Crippen molar-refractivity contribution in [3.05, 3.63) is 0 Å². The summed E-state index contributed by atoms with van der Waals surface area (Å²) in [6.07, 6.45) is 0.